The monoisotopic (exact) mass is 856 g/mol. The third kappa shape index (κ3) is 9.87. The van der Waals surface area contributed by atoms with Crippen molar-refractivity contribution in [3.63, 3.8) is 0 Å². The maximum atomic E-state index is 15.3. The Morgan fingerprint density at radius 2 is 1.16 bits per heavy atom. The molecule has 0 radical (unpaired) electrons. The third-order valence-corrected chi connectivity index (χ3v) is 15.2. The highest BCUT2D eigenvalue weighted by atomic mass is 32.2. The van der Waals surface area contributed by atoms with E-state index in [1.54, 1.807) is 80.7 Å². The standard InChI is InChI=1S/C41H40F4N4O4S4/c1-4-48(5-2)56(50,51)34-16-12-31(13-17-34)38-27-55-40(47-38)25-32-11-10-28(23-36(32)42)20-21-49(6-3)57(52,53)35-18-14-30(15-19-35)37-26-54-39(46-37)24-29-8-7-9-33(22-29)41(43,44)45/h7-19,22-23,26-27H,4-6,20-21,24-25H2,1-3H3. The molecule has 0 aliphatic heterocycles. The third-order valence-electron chi connectivity index (χ3n) is 9.46. The first-order valence-electron chi connectivity index (χ1n) is 18.2. The minimum atomic E-state index is -4.43. The van der Waals surface area contributed by atoms with Gasteiger partial charge in [-0.25, -0.2) is 31.2 Å². The van der Waals surface area contributed by atoms with E-state index in [2.05, 4.69) is 9.97 Å². The van der Waals surface area contributed by atoms with Crippen molar-refractivity contribution in [3.05, 3.63) is 140 Å². The lowest BCUT2D eigenvalue weighted by molar-refractivity contribution is -0.137. The Bertz CT molecular complexity index is 2530. The summed E-state index contributed by atoms with van der Waals surface area (Å²) in [6.45, 7) is 6.42. The summed E-state index contributed by atoms with van der Waals surface area (Å²) in [7, 11) is -7.45. The van der Waals surface area contributed by atoms with Crippen molar-refractivity contribution in [2.24, 2.45) is 0 Å². The van der Waals surface area contributed by atoms with E-state index in [1.807, 2.05) is 5.38 Å². The van der Waals surface area contributed by atoms with Gasteiger partial charge in [0.25, 0.3) is 0 Å². The quantitative estimate of drug-likeness (QED) is 0.0900. The Morgan fingerprint density at radius 1 is 0.632 bits per heavy atom. The summed E-state index contributed by atoms with van der Waals surface area (Å²) < 4.78 is 110. The van der Waals surface area contributed by atoms with Crippen LogP contribution in [-0.4, -0.2) is 61.6 Å². The summed E-state index contributed by atoms with van der Waals surface area (Å²) in [6.07, 6.45) is -3.65. The number of benzene rings is 4. The first-order chi connectivity index (χ1) is 27.1. The maximum absolute atomic E-state index is 15.3. The van der Waals surface area contributed by atoms with Crippen molar-refractivity contribution in [2.75, 3.05) is 26.2 Å². The van der Waals surface area contributed by atoms with Crippen LogP contribution < -0.4 is 0 Å². The number of rotatable bonds is 16. The Hall–Kier alpha value is -4.32. The highest BCUT2D eigenvalue weighted by molar-refractivity contribution is 7.89. The van der Waals surface area contributed by atoms with Crippen LogP contribution in [0.3, 0.4) is 0 Å². The summed E-state index contributed by atoms with van der Waals surface area (Å²) in [5, 5.41) is 4.96. The van der Waals surface area contributed by atoms with Crippen molar-refractivity contribution in [3.8, 4) is 22.5 Å². The van der Waals surface area contributed by atoms with Crippen molar-refractivity contribution in [1.82, 2.24) is 18.6 Å². The number of sulfonamides is 2. The molecule has 0 aliphatic carbocycles. The number of nitrogens with zero attached hydrogens (tertiary/aromatic N) is 4. The molecular weight excluding hydrogens is 817 g/mol. The predicted octanol–water partition coefficient (Wildman–Crippen LogP) is 9.56. The van der Waals surface area contributed by atoms with Gasteiger partial charge in [-0.3, -0.25) is 0 Å². The molecule has 2 heterocycles. The molecule has 0 N–H and O–H groups in total. The van der Waals surface area contributed by atoms with Crippen LogP contribution in [0.2, 0.25) is 0 Å². The molecule has 0 atom stereocenters. The Labute approximate surface area is 338 Å². The molecule has 16 heteroatoms. The van der Waals surface area contributed by atoms with Crippen LogP contribution in [0, 0.1) is 5.82 Å². The average Bonchev–Trinajstić information content (AvgIpc) is 3.86. The van der Waals surface area contributed by atoms with Crippen LogP contribution in [0.4, 0.5) is 17.6 Å². The van der Waals surface area contributed by atoms with Crippen LogP contribution in [0.1, 0.15) is 53.0 Å². The van der Waals surface area contributed by atoms with Gasteiger partial charge in [0.2, 0.25) is 20.0 Å². The minimum absolute atomic E-state index is 0.0949. The van der Waals surface area contributed by atoms with Gasteiger partial charge in [0.05, 0.1) is 36.8 Å². The molecule has 4 aromatic carbocycles. The van der Waals surface area contributed by atoms with E-state index >= 15 is 4.39 Å². The number of halogens is 4. The zero-order valence-corrected chi connectivity index (χ0v) is 34.6. The first kappa shape index (κ1) is 42.3. The SMILES string of the molecule is CCN(CC)S(=O)(=O)c1ccc(-c2csc(Cc3ccc(CCN(CC)S(=O)(=O)c4ccc(-c5csc(Cc6cccc(C(F)(F)F)c6)n5)cc4)cc3F)n2)cc1. The zero-order valence-electron chi connectivity index (χ0n) is 31.3. The van der Waals surface area contributed by atoms with E-state index in [0.717, 1.165) is 17.7 Å². The number of thiazole rings is 2. The van der Waals surface area contributed by atoms with Gasteiger partial charge >= 0.3 is 6.18 Å². The van der Waals surface area contributed by atoms with E-state index in [4.69, 9.17) is 0 Å². The van der Waals surface area contributed by atoms with Gasteiger partial charge < -0.3 is 0 Å². The van der Waals surface area contributed by atoms with Crippen LogP contribution in [0.5, 0.6) is 0 Å². The molecule has 0 saturated heterocycles. The number of aromatic nitrogens is 2. The predicted molar refractivity (Wildman–Crippen MR) is 217 cm³/mol. The highest BCUT2D eigenvalue weighted by Crippen LogP contribution is 2.32. The largest absolute Gasteiger partial charge is 0.416 e. The van der Waals surface area contributed by atoms with Crippen molar-refractivity contribution in [1.29, 1.82) is 0 Å². The molecule has 0 fully saturated rings. The molecule has 2 aromatic heterocycles. The summed E-state index contributed by atoms with van der Waals surface area (Å²) in [5.41, 5.74) is 3.55. The molecular formula is C41H40F4N4O4S4. The smallest absolute Gasteiger partial charge is 0.241 e. The summed E-state index contributed by atoms with van der Waals surface area (Å²) in [4.78, 5) is 9.53. The molecule has 6 rings (SSSR count). The van der Waals surface area contributed by atoms with Gasteiger partial charge in [-0.15, -0.1) is 22.7 Å². The zero-order chi connectivity index (χ0) is 41.0. The van der Waals surface area contributed by atoms with Crippen LogP contribution in [0.25, 0.3) is 22.5 Å². The van der Waals surface area contributed by atoms with Crippen LogP contribution in [-0.2, 0) is 45.5 Å². The molecule has 0 amide bonds. The van der Waals surface area contributed by atoms with Crippen LogP contribution in [0.15, 0.2) is 112 Å². The number of hydrogen-bond acceptors (Lipinski definition) is 8. The highest BCUT2D eigenvalue weighted by Gasteiger charge is 2.30. The fourth-order valence-electron chi connectivity index (χ4n) is 6.29. The van der Waals surface area contributed by atoms with Crippen molar-refractivity contribution in [2.45, 2.75) is 56.0 Å². The molecule has 6 aromatic rings. The van der Waals surface area contributed by atoms with E-state index < -0.39 is 37.6 Å². The fraction of sp³-hybridized carbons (Fsp3) is 0.268. The van der Waals surface area contributed by atoms with E-state index in [0.29, 0.717) is 56.7 Å². The number of likely N-dealkylation sites (N-methyl/N-ethyl adjacent to an activating group) is 1. The lowest BCUT2D eigenvalue weighted by Gasteiger charge is -2.21. The van der Waals surface area contributed by atoms with Crippen LogP contribution >= 0.6 is 22.7 Å². The van der Waals surface area contributed by atoms with Gasteiger partial charge in [-0.2, -0.15) is 21.8 Å². The molecule has 8 nitrogen and oxygen atoms in total. The summed E-state index contributed by atoms with van der Waals surface area (Å²) in [6, 6.07) is 22.9. The Morgan fingerprint density at radius 3 is 1.67 bits per heavy atom. The second kappa shape index (κ2) is 17.7. The molecule has 0 saturated carbocycles. The lowest BCUT2D eigenvalue weighted by Crippen LogP contribution is -2.32. The summed E-state index contributed by atoms with van der Waals surface area (Å²) >= 11 is 2.70. The van der Waals surface area contributed by atoms with Gasteiger partial charge in [0.15, 0.2) is 0 Å². The lowest BCUT2D eigenvalue weighted by atomic mass is 10.1. The van der Waals surface area contributed by atoms with Crippen molar-refractivity contribution < 1.29 is 34.4 Å². The van der Waals surface area contributed by atoms with E-state index in [-0.39, 0.29) is 42.1 Å². The first-order valence-corrected chi connectivity index (χ1v) is 22.8. The molecule has 0 spiro atoms. The van der Waals surface area contributed by atoms with Crippen molar-refractivity contribution >= 4 is 42.7 Å². The van der Waals surface area contributed by atoms with Gasteiger partial charge in [-0.1, -0.05) is 75.4 Å². The molecule has 0 unspecified atom stereocenters. The van der Waals surface area contributed by atoms with Gasteiger partial charge in [0, 0.05) is 60.9 Å². The second-order valence-corrected chi connectivity index (χ2v) is 18.9. The van der Waals surface area contributed by atoms with E-state index in [1.165, 1.54) is 55.5 Å². The van der Waals surface area contributed by atoms with Gasteiger partial charge in [0.1, 0.15) is 5.82 Å². The average molecular weight is 857 g/mol. The molecule has 0 aliphatic rings. The molecule has 300 valence electrons. The normalized spacial score (nSPS) is 12.5. The van der Waals surface area contributed by atoms with E-state index in [9.17, 15) is 30.0 Å². The second-order valence-electron chi connectivity index (χ2n) is 13.1. The molecule has 0 bridgehead atoms. The maximum Gasteiger partial charge on any atom is 0.416 e. The topological polar surface area (TPSA) is 101 Å². The summed E-state index contributed by atoms with van der Waals surface area (Å²) in [5.74, 6) is -0.420. The Kier molecular flexibility index (Phi) is 13.1. The van der Waals surface area contributed by atoms with Gasteiger partial charge in [-0.05, 0) is 59.5 Å². The molecule has 57 heavy (non-hydrogen) atoms. The number of alkyl halides is 3. The fourth-order valence-corrected chi connectivity index (χ4v) is 10.9. The number of hydrogen-bond donors (Lipinski definition) is 0. The minimum Gasteiger partial charge on any atom is -0.241 e. The Balaban J connectivity index is 1.05.